The van der Waals surface area contributed by atoms with Crippen molar-refractivity contribution in [1.29, 1.82) is 0 Å². The van der Waals surface area contributed by atoms with E-state index < -0.39 is 35.4 Å². The van der Waals surface area contributed by atoms with Crippen LogP contribution in [-0.4, -0.2) is 87.2 Å². The van der Waals surface area contributed by atoms with Gasteiger partial charge in [0.25, 0.3) is 0 Å². The van der Waals surface area contributed by atoms with Gasteiger partial charge in [-0.05, 0) is 36.7 Å². The van der Waals surface area contributed by atoms with E-state index in [9.17, 15) is 13.5 Å². The second kappa shape index (κ2) is 11.5. The zero-order chi connectivity index (χ0) is 29.3. The van der Waals surface area contributed by atoms with Crippen molar-refractivity contribution in [1.82, 2.24) is 19.7 Å². The molecule has 0 aliphatic carbocycles. The van der Waals surface area contributed by atoms with E-state index in [0.29, 0.717) is 47.8 Å². The molecular weight excluding hydrogens is 550 g/mol. The molecule has 40 heavy (non-hydrogen) atoms. The van der Waals surface area contributed by atoms with Crippen LogP contribution in [0.2, 0.25) is 25.7 Å². The number of para-hydroxylation sites is 1. The number of methoxy groups -OCH3 is 2. The Morgan fingerprint density at radius 2 is 1.80 bits per heavy atom. The zero-order valence-corrected chi connectivity index (χ0v) is 26.0. The van der Waals surface area contributed by atoms with Crippen LogP contribution in [0, 0.1) is 12.3 Å². The third-order valence-electron chi connectivity index (χ3n) is 7.06. The molecule has 0 bridgehead atoms. The summed E-state index contributed by atoms with van der Waals surface area (Å²) in [5.74, 6) is 0.880. The van der Waals surface area contributed by atoms with Gasteiger partial charge in [-0.25, -0.2) is 12.7 Å². The Morgan fingerprint density at radius 3 is 2.33 bits per heavy atom. The lowest BCUT2D eigenvalue weighted by Crippen LogP contribution is -2.53. The summed E-state index contributed by atoms with van der Waals surface area (Å²) in [6.45, 7) is 11.1. The minimum Gasteiger partial charge on any atom is -0.494 e. The molecule has 1 aliphatic heterocycles. The van der Waals surface area contributed by atoms with E-state index in [1.807, 2.05) is 19.9 Å². The fourth-order valence-corrected chi connectivity index (χ4v) is 7.24. The van der Waals surface area contributed by atoms with E-state index in [1.165, 1.54) is 18.5 Å². The number of aryl methyl sites for hydroxylation is 1. The number of ether oxygens (including phenoxy) is 3. The lowest BCUT2D eigenvalue weighted by atomic mass is 9.83. The maximum absolute atomic E-state index is 14.1. The van der Waals surface area contributed by atoms with Gasteiger partial charge in [0, 0.05) is 38.0 Å². The average molecular weight is 590 g/mol. The third kappa shape index (κ3) is 6.17. The van der Waals surface area contributed by atoms with Gasteiger partial charge in [0.2, 0.25) is 16.0 Å². The summed E-state index contributed by atoms with van der Waals surface area (Å²) >= 11 is 0. The third-order valence-corrected chi connectivity index (χ3v) is 10.5. The molecule has 0 radical (unpaired) electrons. The number of pyridine rings is 1. The first kappa shape index (κ1) is 30.0. The molecule has 1 N–H and O–H groups in total. The summed E-state index contributed by atoms with van der Waals surface area (Å²) < 4.78 is 47.9. The van der Waals surface area contributed by atoms with E-state index in [0.717, 1.165) is 5.56 Å². The largest absolute Gasteiger partial charge is 0.494 e. The molecule has 0 saturated carbocycles. The molecule has 0 amide bonds. The number of aliphatic hydroxyl groups is 1. The molecule has 3 aromatic rings. The lowest BCUT2D eigenvalue weighted by molar-refractivity contribution is -0.154. The van der Waals surface area contributed by atoms with E-state index >= 15 is 0 Å². The average Bonchev–Trinajstić information content (AvgIpc) is 3.29. The van der Waals surface area contributed by atoms with Crippen LogP contribution in [0.5, 0.6) is 11.5 Å². The Bertz CT molecular complexity index is 1430. The van der Waals surface area contributed by atoms with Crippen molar-refractivity contribution >= 4 is 24.0 Å². The summed E-state index contributed by atoms with van der Waals surface area (Å²) in [6.07, 6.45) is 2.27. The van der Waals surface area contributed by atoms with E-state index in [4.69, 9.17) is 14.2 Å². The molecule has 1 saturated heterocycles. The number of aliphatic hydroxyl groups excluding tert-OH is 1. The highest BCUT2D eigenvalue weighted by Crippen LogP contribution is 2.39. The number of rotatable bonds is 12. The van der Waals surface area contributed by atoms with Crippen LogP contribution in [0.3, 0.4) is 0 Å². The molecule has 0 spiro atoms. The molecule has 1 aromatic carbocycles. The predicted octanol–water partition coefficient (Wildman–Crippen LogP) is 3.53. The molecule has 2 aromatic heterocycles. The maximum atomic E-state index is 14.1. The number of hydrogen-bond donors (Lipinski definition) is 1. The van der Waals surface area contributed by atoms with Crippen molar-refractivity contribution in [3.63, 3.8) is 0 Å². The van der Waals surface area contributed by atoms with E-state index in [2.05, 4.69) is 34.8 Å². The molecule has 1 fully saturated rings. The molecule has 3 heterocycles. The number of hydrogen-bond acceptors (Lipinski definition) is 9. The first-order chi connectivity index (χ1) is 18.8. The quantitative estimate of drug-likeness (QED) is 0.316. The molecule has 1 unspecified atom stereocenters. The molecule has 1 aliphatic rings. The second-order valence-electron chi connectivity index (χ2n) is 11.7. The van der Waals surface area contributed by atoms with Gasteiger partial charge in [-0.2, -0.15) is 0 Å². The minimum atomic E-state index is -4.07. The molecule has 11 nitrogen and oxygen atoms in total. The fraction of sp³-hybridized carbons (Fsp3) is 0.519. The van der Waals surface area contributed by atoms with E-state index in [1.54, 1.807) is 35.2 Å². The van der Waals surface area contributed by atoms with Crippen molar-refractivity contribution < 1.29 is 27.7 Å². The maximum Gasteiger partial charge on any atom is 0.246 e. The van der Waals surface area contributed by atoms with Gasteiger partial charge in [0.05, 0.1) is 39.3 Å². The highest BCUT2D eigenvalue weighted by atomic mass is 32.2. The number of anilines is 1. The topological polar surface area (TPSA) is 129 Å². The molecule has 13 heteroatoms. The van der Waals surface area contributed by atoms with Crippen LogP contribution in [0.4, 0.5) is 5.95 Å². The highest BCUT2D eigenvalue weighted by molar-refractivity contribution is 7.92. The van der Waals surface area contributed by atoms with Crippen LogP contribution in [-0.2, 0) is 14.8 Å². The smallest absolute Gasteiger partial charge is 0.246 e. The molecule has 1 atom stereocenters. The Hall–Kier alpha value is -3.00. The van der Waals surface area contributed by atoms with E-state index in [-0.39, 0.29) is 12.5 Å². The predicted molar refractivity (Wildman–Crippen MR) is 157 cm³/mol. The summed E-state index contributed by atoms with van der Waals surface area (Å²) in [6, 6.07) is 7.89. The highest BCUT2D eigenvalue weighted by Gasteiger charge is 2.44. The Kier molecular flexibility index (Phi) is 8.59. The molecular formula is C27H39N5O6SSi. The first-order valence-corrected chi connectivity index (χ1v) is 18.5. The summed E-state index contributed by atoms with van der Waals surface area (Å²) in [5.41, 5.74) is 1.38. The summed E-state index contributed by atoms with van der Waals surface area (Å²) in [4.78, 5) is 4.32. The number of benzene rings is 1. The van der Waals surface area contributed by atoms with Crippen LogP contribution >= 0.6 is 0 Å². The Balaban J connectivity index is 1.95. The number of aromatic nitrogens is 4. The van der Waals surface area contributed by atoms with Gasteiger partial charge in [-0.1, -0.05) is 32.6 Å². The summed E-state index contributed by atoms with van der Waals surface area (Å²) in [5, 5.41) is 19.9. The van der Waals surface area contributed by atoms with Gasteiger partial charge < -0.3 is 19.3 Å². The van der Waals surface area contributed by atoms with Crippen molar-refractivity contribution in [2.45, 2.75) is 45.6 Å². The zero-order valence-electron chi connectivity index (χ0n) is 24.2. The normalized spacial score (nSPS) is 15.8. The second-order valence-corrected chi connectivity index (χ2v) is 19.3. The van der Waals surface area contributed by atoms with Crippen LogP contribution in [0.1, 0.15) is 12.5 Å². The van der Waals surface area contributed by atoms with Gasteiger partial charge >= 0.3 is 0 Å². The summed E-state index contributed by atoms with van der Waals surface area (Å²) in [7, 11) is -2.71. The fourth-order valence-electron chi connectivity index (χ4n) is 4.47. The van der Waals surface area contributed by atoms with Crippen molar-refractivity contribution in [3.8, 4) is 28.6 Å². The number of sulfonamides is 1. The van der Waals surface area contributed by atoms with Crippen molar-refractivity contribution in [2.24, 2.45) is 5.41 Å². The molecule has 4 rings (SSSR count). The van der Waals surface area contributed by atoms with Crippen LogP contribution in [0.25, 0.3) is 17.1 Å². The monoisotopic (exact) mass is 589 g/mol. The van der Waals surface area contributed by atoms with Crippen molar-refractivity contribution in [3.05, 3.63) is 42.2 Å². The first-order valence-electron chi connectivity index (χ1n) is 13.1. The van der Waals surface area contributed by atoms with Crippen molar-refractivity contribution in [2.75, 3.05) is 44.0 Å². The Labute approximate surface area is 237 Å². The van der Waals surface area contributed by atoms with Crippen LogP contribution < -0.4 is 13.8 Å². The standard InChI is InChI=1S/C27H39N5O6SSi/c1-19-13-20(15-28-14-19)25-29-30-26(32(25)24-21(36-3)9-8-10-22(24)37-4)31(11-12-40(5,6)7)39(34,35)16-23(33)27(2)17-38-18-27/h8-10,13-15,23,33H,11-12,16-18H2,1-7H3. The van der Waals surface area contributed by atoms with Gasteiger partial charge in [-0.15, -0.1) is 10.2 Å². The molecule has 218 valence electrons. The SMILES string of the molecule is COc1cccc(OC)c1-n1c(-c2cncc(C)c2)nnc1N(CC[Si](C)(C)C)S(=O)(=O)CC(O)C1(C)COC1. The van der Waals surface area contributed by atoms with Gasteiger partial charge in [0.15, 0.2) is 5.82 Å². The lowest BCUT2D eigenvalue weighted by Gasteiger charge is -2.42. The van der Waals surface area contributed by atoms with Crippen LogP contribution in [0.15, 0.2) is 36.7 Å². The van der Waals surface area contributed by atoms with Gasteiger partial charge in [-0.3, -0.25) is 9.55 Å². The Morgan fingerprint density at radius 1 is 1.15 bits per heavy atom. The van der Waals surface area contributed by atoms with Gasteiger partial charge in [0.1, 0.15) is 17.2 Å². The minimum absolute atomic E-state index is 0.0831. The number of nitrogens with zero attached hydrogens (tertiary/aromatic N) is 5.